The second-order valence-corrected chi connectivity index (χ2v) is 12.5. The molecule has 0 amide bonds. The average molecular weight is 606 g/mol. The number of aryl methyl sites for hydroxylation is 1. The van der Waals surface area contributed by atoms with E-state index in [0.29, 0.717) is 29.1 Å². The lowest BCUT2D eigenvalue weighted by atomic mass is 9.88. The highest BCUT2D eigenvalue weighted by Gasteiger charge is 2.57. The van der Waals surface area contributed by atoms with Crippen LogP contribution in [0.4, 0.5) is 0 Å². The zero-order chi connectivity index (χ0) is 31.7. The van der Waals surface area contributed by atoms with Crippen molar-refractivity contribution < 1.29 is 19.0 Å². The van der Waals surface area contributed by atoms with Crippen LogP contribution in [0.1, 0.15) is 44.9 Å². The Morgan fingerprint density at radius 3 is 1.83 bits per heavy atom. The molecule has 5 aromatic carbocycles. The van der Waals surface area contributed by atoms with E-state index in [1.165, 1.54) is 0 Å². The van der Waals surface area contributed by atoms with Crippen LogP contribution >= 0.6 is 0 Å². The SMILES string of the molecule is CCC/C(=C1/C(=O)OC2(Oc3ccc4ccccc4c3-c3c(ccc4ccccc34)O2)C1=C(C)C)c1c(C)n(C)c2ccccc12. The Balaban J connectivity index is 1.44. The number of para-hydroxylation sites is 1. The Hall–Kier alpha value is -5.29. The van der Waals surface area contributed by atoms with Crippen LogP contribution in [0.15, 0.2) is 114 Å². The fourth-order valence-electron chi connectivity index (χ4n) is 7.48. The van der Waals surface area contributed by atoms with Crippen molar-refractivity contribution in [2.45, 2.75) is 46.5 Å². The number of nitrogens with zero attached hydrogens (tertiary/aromatic N) is 1. The maximum Gasteiger partial charge on any atom is 0.450 e. The lowest BCUT2D eigenvalue weighted by molar-refractivity contribution is -0.244. The van der Waals surface area contributed by atoms with E-state index in [0.717, 1.165) is 72.4 Å². The first-order valence-electron chi connectivity index (χ1n) is 15.9. The molecule has 5 nitrogen and oxygen atoms in total. The fraction of sp³-hybridized carbons (Fsp3) is 0.195. The van der Waals surface area contributed by atoms with Crippen molar-refractivity contribution in [1.29, 1.82) is 0 Å². The smallest absolute Gasteiger partial charge is 0.416 e. The van der Waals surface area contributed by atoms with E-state index in [9.17, 15) is 4.79 Å². The van der Waals surface area contributed by atoms with Gasteiger partial charge in [-0.1, -0.05) is 97.8 Å². The summed E-state index contributed by atoms with van der Waals surface area (Å²) in [6.45, 7) is 8.25. The molecule has 1 fully saturated rings. The van der Waals surface area contributed by atoms with Crippen molar-refractivity contribution in [1.82, 2.24) is 4.57 Å². The molecule has 3 heterocycles. The fourth-order valence-corrected chi connectivity index (χ4v) is 7.48. The lowest BCUT2D eigenvalue weighted by Crippen LogP contribution is -2.43. The Kier molecular flexibility index (Phi) is 6.36. The molecular formula is C41H35NO4. The van der Waals surface area contributed by atoms with Gasteiger partial charge in [0.05, 0.1) is 11.1 Å². The quantitative estimate of drug-likeness (QED) is 0.149. The molecule has 0 N–H and O–H groups in total. The first kappa shape index (κ1) is 28.2. The number of rotatable bonds is 3. The summed E-state index contributed by atoms with van der Waals surface area (Å²) >= 11 is 0. The van der Waals surface area contributed by atoms with Gasteiger partial charge >= 0.3 is 11.9 Å². The monoisotopic (exact) mass is 605 g/mol. The van der Waals surface area contributed by atoms with Gasteiger partial charge in [-0.05, 0) is 72.5 Å². The summed E-state index contributed by atoms with van der Waals surface area (Å²) in [4.78, 5) is 14.4. The van der Waals surface area contributed by atoms with Gasteiger partial charge in [0.25, 0.3) is 0 Å². The topological polar surface area (TPSA) is 49.7 Å². The maximum atomic E-state index is 14.4. The molecule has 1 saturated heterocycles. The number of carbonyl (C=O) groups excluding carboxylic acids is 1. The second-order valence-electron chi connectivity index (χ2n) is 12.5. The molecule has 1 spiro atoms. The van der Waals surface area contributed by atoms with Crippen molar-refractivity contribution in [2.24, 2.45) is 7.05 Å². The first-order chi connectivity index (χ1) is 22.3. The minimum absolute atomic E-state index is 0.446. The Morgan fingerprint density at radius 2 is 1.26 bits per heavy atom. The molecule has 0 bridgehead atoms. The Morgan fingerprint density at radius 1 is 0.717 bits per heavy atom. The second kappa shape index (κ2) is 10.4. The van der Waals surface area contributed by atoms with E-state index in [2.05, 4.69) is 80.1 Å². The largest absolute Gasteiger partial charge is 0.450 e. The van der Waals surface area contributed by atoms with Gasteiger partial charge in [-0.15, -0.1) is 0 Å². The number of carbonyl (C=O) groups is 1. The van der Waals surface area contributed by atoms with Crippen molar-refractivity contribution >= 4 is 44.0 Å². The van der Waals surface area contributed by atoms with Gasteiger partial charge < -0.3 is 18.8 Å². The number of aromatic nitrogens is 1. The molecule has 46 heavy (non-hydrogen) atoms. The van der Waals surface area contributed by atoms with Crippen molar-refractivity contribution in [3.8, 4) is 22.6 Å². The molecular weight excluding hydrogens is 570 g/mol. The summed E-state index contributed by atoms with van der Waals surface area (Å²) in [7, 11) is 2.08. The first-order valence-corrected chi connectivity index (χ1v) is 15.9. The van der Waals surface area contributed by atoms with Crippen LogP contribution in [-0.4, -0.2) is 16.5 Å². The predicted octanol–water partition coefficient (Wildman–Crippen LogP) is 10.0. The summed E-state index contributed by atoms with van der Waals surface area (Å²) in [6.07, 6.45) is 1.54. The van der Waals surface area contributed by atoms with Crippen LogP contribution in [0.2, 0.25) is 0 Å². The number of hydrogen-bond donors (Lipinski definition) is 0. The van der Waals surface area contributed by atoms with Crippen LogP contribution in [0, 0.1) is 6.92 Å². The molecule has 228 valence electrons. The molecule has 2 aliphatic rings. The standard InChI is InChI=1S/C41H35NO4/c1-6-13-31(35-25(4)42(5)32-19-12-11-18-30(32)35)38-39(24(2)3)41(46-40(38)43)44-33-22-20-26-14-7-9-16-28(26)36(33)37-29-17-10-8-15-27(29)21-23-34(37)45-41/h7-12,14-23H,6,13H2,1-5H3/b38-31-. The molecule has 0 saturated carbocycles. The Labute approximate surface area is 268 Å². The number of hydrogen-bond acceptors (Lipinski definition) is 4. The Bertz CT molecular complexity index is 2230. The molecule has 0 unspecified atom stereocenters. The summed E-state index contributed by atoms with van der Waals surface area (Å²) in [5.74, 6) is -1.06. The van der Waals surface area contributed by atoms with Gasteiger partial charge in [0.15, 0.2) is 0 Å². The summed E-state index contributed by atoms with van der Waals surface area (Å²) in [5.41, 5.74) is 8.09. The number of fused-ring (bicyclic) bond motifs is 8. The number of allylic oxidation sites excluding steroid dienone is 2. The lowest BCUT2D eigenvalue weighted by Gasteiger charge is -2.29. The molecule has 2 aliphatic heterocycles. The third-order valence-corrected chi connectivity index (χ3v) is 9.51. The van der Waals surface area contributed by atoms with Gasteiger partial charge in [0.2, 0.25) is 0 Å². The molecule has 0 radical (unpaired) electrons. The van der Waals surface area contributed by atoms with Crippen molar-refractivity contribution in [3.63, 3.8) is 0 Å². The minimum Gasteiger partial charge on any atom is -0.416 e. The van der Waals surface area contributed by atoms with Gasteiger partial charge in [0, 0.05) is 40.3 Å². The van der Waals surface area contributed by atoms with Gasteiger partial charge in [0.1, 0.15) is 11.5 Å². The predicted molar refractivity (Wildman–Crippen MR) is 185 cm³/mol. The zero-order valence-corrected chi connectivity index (χ0v) is 26.7. The maximum absolute atomic E-state index is 14.4. The van der Waals surface area contributed by atoms with Crippen LogP contribution in [0.5, 0.6) is 11.5 Å². The zero-order valence-electron chi connectivity index (χ0n) is 26.7. The van der Waals surface area contributed by atoms with E-state index >= 15 is 0 Å². The molecule has 6 aromatic rings. The summed E-state index contributed by atoms with van der Waals surface area (Å²) in [6, 6.07) is 33.0. The van der Waals surface area contributed by atoms with Gasteiger partial charge in [-0.3, -0.25) is 0 Å². The van der Waals surface area contributed by atoms with Crippen LogP contribution in [0.25, 0.3) is 49.1 Å². The highest BCUT2D eigenvalue weighted by atomic mass is 16.9. The van der Waals surface area contributed by atoms with E-state index < -0.39 is 11.9 Å². The minimum atomic E-state index is -1.81. The van der Waals surface area contributed by atoms with E-state index in [1.54, 1.807) is 0 Å². The highest BCUT2D eigenvalue weighted by Crippen LogP contribution is 2.54. The third kappa shape index (κ3) is 3.97. The summed E-state index contributed by atoms with van der Waals surface area (Å²) in [5, 5.41) is 5.35. The van der Waals surface area contributed by atoms with E-state index in [4.69, 9.17) is 14.2 Å². The third-order valence-electron chi connectivity index (χ3n) is 9.51. The molecule has 1 aromatic heterocycles. The normalized spacial score (nSPS) is 16.2. The van der Waals surface area contributed by atoms with Gasteiger partial charge in [-0.2, -0.15) is 0 Å². The molecule has 5 heteroatoms. The van der Waals surface area contributed by atoms with Crippen LogP contribution in [-0.2, 0) is 16.6 Å². The summed E-state index contributed by atoms with van der Waals surface area (Å²) < 4.78 is 22.5. The van der Waals surface area contributed by atoms with E-state index in [1.807, 2.05) is 56.3 Å². The number of benzene rings is 5. The van der Waals surface area contributed by atoms with E-state index in [-0.39, 0.29) is 0 Å². The van der Waals surface area contributed by atoms with Crippen molar-refractivity contribution in [3.05, 3.63) is 125 Å². The molecule has 0 aliphatic carbocycles. The number of esters is 1. The van der Waals surface area contributed by atoms with Gasteiger partial charge in [-0.25, -0.2) is 4.79 Å². The van der Waals surface area contributed by atoms with Crippen LogP contribution < -0.4 is 9.47 Å². The number of ether oxygens (including phenoxy) is 3. The average Bonchev–Trinajstić information content (AvgIpc) is 3.42. The van der Waals surface area contributed by atoms with Crippen LogP contribution in [0.3, 0.4) is 0 Å². The molecule has 0 atom stereocenters. The van der Waals surface area contributed by atoms with Crippen molar-refractivity contribution in [2.75, 3.05) is 0 Å². The highest BCUT2D eigenvalue weighted by molar-refractivity contribution is 6.12. The molecule has 8 rings (SSSR count).